The van der Waals surface area contributed by atoms with Gasteiger partial charge in [-0.3, -0.25) is 0 Å². The smallest absolute Gasteiger partial charge is 0.244 e. The zero-order valence-corrected chi connectivity index (χ0v) is 6.78. The van der Waals surface area contributed by atoms with Crippen molar-refractivity contribution >= 4 is 0 Å². The Bertz CT molecular complexity index is 181. The Morgan fingerprint density at radius 2 is 1.85 bits per heavy atom. The van der Waals surface area contributed by atoms with E-state index in [-0.39, 0.29) is 6.42 Å². The van der Waals surface area contributed by atoms with E-state index in [1.807, 2.05) is 0 Å². The first-order valence-corrected chi connectivity index (χ1v) is 3.99. The summed E-state index contributed by atoms with van der Waals surface area (Å²) >= 11 is 0. The second kappa shape index (κ2) is 3.81. The average Bonchev–Trinajstić information content (AvgIpc) is 2.07. The molecule has 5 atom stereocenters. The van der Waals surface area contributed by atoms with Crippen LogP contribution in [0.3, 0.4) is 0 Å². The monoisotopic (exact) mass is 199 g/mol. The molecule has 1 fully saturated rings. The van der Waals surface area contributed by atoms with E-state index >= 15 is 0 Å². The summed E-state index contributed by atoms with van der Waals surface area (Å²) in [5.74, 6) is -1.52. The van der Waals surface area contributed by atoms with E-state index in [0.29, 0.717) is 0 Å². The molecule has 0 spiro atoms. The minimum atomic E-state index is -2.84. The lowest BCUT2D eigenvalue weighted by Gasteiger charge is -2.37. The van der Waals surface area contributed by atoms with Crippen LogP contribution in [0.1, 0.15) is 6.42 Å². The molecule has 1 aliphatic carbocycles. The molecule has 0 saturated heterocycles. The number of alkyl halides is 3. The van der Waals surface area contributed by atoms with Gasteiger partial charge in [-0.2, -0.15) is 0 Å². The molecule has 1 rings (SSSR count). The van der Waals surface area contributed by atoms with Gasteiger partial charge in [0.05, 0.1) is 24.2 Å². The quantitative estimate of drug-likeness (QED) is 0.541. The van der Waals surface area contributed by atoms with Crippen LogP contribution in [0.25, 0.3) is 0 Å². The van der Waals surface area contributed by atoms with E-state index in [4.69, 9.17) is 15.9 Å². The van der Waals surface area contributed by atoms with E-state index in [9.17, 15) is 13.2 Å². The number of hydrogen-bond acceptors (Lipinski definition) is 3. The van der Waals surface area contributed by atoms with Crippen molar-refractivity contribution in [1.82, 2.24) is 0 Å². The van der Waals surface area contributed by atoms with Crippen LogP contribution in [0.15, 0.2) is 0 Å². The number of hydrogen-bond donors (Lipinski definition) is 3. The number of rotatable bonds is 1. The maximum absolute atomic E-state index is 13.0. The first kappa shape index (κ1) is 10.7. The van der Waals surface area contributed by atoms with Crippen molar-refractivity contribution in [1.29, 1.82) is 0 Å². The van der Waals surface area contributed by atoms with Crippen LogP contribution in [0, 0.1) is 5.92 Å². The third-order valence-corrected chi connectivity index (χ3v) is 2.41. The molecule has 0 amide bonds. The standard InChI is InChI=1S/C7H12F3NO2/c8-4-5(11)3(12)1-2(6(4)13)7(9)10/h2-7,12-13H,1,11H2. The van der Waals surface area contributed by atoms with Crippen molar-refractivity contribution in [3.63, 3.8) is 0 Å². The first-order valence-electron chi connectivity index (χ1n) is 3.99. The second-order valence-electron chi connectivity index (χ2n) is 3.31. The molecule has 6 heteroatoms. The maximum Gasteiger partial charge on any atom is 0.244 e. The summed E-state index contributed by atoms with van der Waals surface area (Å²) in [6.45, 7) is 0. The van der Waals surface area contributed by atoms with Crippen LogP contribution >= 0.6 is 0 Å². The fourth-order valence-corrected chi connectivity index (χ4v) is 1.50. The minimum absolute atomic E-state index is 0.361. The van der Waals surface area contributed by atoms with Crippen LogP contribution < -0.4 is 5.73 Å². The van der Waals surface area contributed by atoms with Crippen molar-refractivity contribution in [2.24, 2.45) is 11.7 Å². The molecule has 0 bridgehead atoms. The molecule has 0 aliphatic heterocycles. The fourth-order valence-electron chi connectivity index (χ4n) is 1.50. The van der Waals surface area contributed by atoms with Gasteiger partial charge in [-0.05, 0) is 6.42 Å². The van der Waals surface area contributed by atoms with Gasteiger partial charge in [0.2, 0.25) is 6.43 Å². The van der Waals surface area contributed by atoms with Gasteiger partial charge >= 0.3 is 0 Å². The third-order valence-electron chi connectivity index (χ3n) is 2.41. The molecule has 4 N–H and O–H groups in total. The highest BCUT2D eigenvalue weighted by Crippen LogP contribution is 2.30. The number of halogens is 3. The summed E-state index contributed by atoms with van der Waals surface area (Å²) in [5, 5.41) is 18.1. The molecule has 5 unspecified atom stereocenters. The van der Waals surface area contributed by atoms with E-state index in [1.165, 1.54) is 0 Å². The predicted octanol–water partition coefficient (Wildman–Crippen LogP) is -0.341. The van der Waals surface area contributed by atoms with Gasteiger partial charge in [0, 0.05) is 0 Å². The molecular formula is C7H12F3NO2. The summed E-state index contributed by atoms with van der Waals surface area (Å²) in [5.41, 5.74) is 5.14. The summed E-state index contributed by atoms with van der Waals surface area (Å²) < 4.78 is 37.3. The normalized spacial score (nSPS) is 46.8. The lowest BCUT2D eigenvalue weighted by atomic mass is 9.81. The minimum Gasteiger partial charge on any atom is -0.391 e. The molecule has 1 aliphatic rings. The van der Waals surface area contributed by atoms with Crippen molar-refractivity contribution in [2.75, 3.05) is 0 Å². The van der Waals surface area contributed by atoms with E-state index in [0.717, 1.165) is 0 Å². The number of nitrogens with two attached hydrogens (primary N) is 1. The molecule has 13 heavy (non-hydrogen) atoms. The Kier molecular flexibility index (Phi) is 3.15. The summed E-state index contributed by atoms with van der Waals surface area (Å²) in [7, 11) is 0. The molecular weight excluding hydrogens is 187 g/mol. The molecule has 0 aromatic rings. The fraction of sp³-hybridized carbons (Fsp3) is 1.00. The van der Waals surface area contributed by atoms with Gasteiger partial charge in [0.25, 0.3) is 0 Å². The van der Waals surface area contributed by atoms with Gasteiger partial charge in [-0.15, -0.1) is 0 Å². The SMILES string of the molecule is NC1C(O)CC(C(F)F)C(O)C1F. The van der Waals surface area contributed by atoms with Gasteiger partial charge in [-0.1, -0.05) is 0 Å². The van der Waals surface area contributed by atoms with Crippen molar-refractivity contribution in [3.05, 3.63) is 0 Å². The summed E-state index contributed by atoms with van der Waals surface area (Å²) in [6, 6.07) is -1.27. The van der Waals surface area contributed by atoms with Crippen LogP contribution in [0.2, 0.25) is 0 Å². The third kappa shape index (κ3) is 1.95. The Labute approximate surface area is 73.3 Å². The number of aliphatic hydroxyl groups excluding tert-OH is 2. The van der Waals surface area contributed by atoms with E-state index in [1.54, 1.807) is 0 Å². The van der Waals surface area contributed by atoms with E-state index in [2.05, 4.69) is 0 Å². The summed E-state index contributed by atoms with van der Waals surface area (Å²) in [4.78, 5) is 0. The van der Waals surface area contributed by atoms with Crippen LogP contribution in [-0.2, 0) is 0 Å². The summed E-state index contributed by atoms with van der Waals surface area (Å²) in [6.07, 6.45) is -8.27. The molecule has 3 nitrogen and oxygen atoms in total. The lowest BCUT2D eigenvalue weighted by molar-refractivity contribution is -0.109. The van der Waals surface area contributed by atoms with Gasteiger partial charge < -0.3 is 15.9 Å². The van der Waals surface area contributed by atoms with Crippen LogP contribution in [-0.4, -0.2) is 41.1 Å². The molecule has 0 heterocycles. The topological polar surface area (TPSA) is 66.5 Å². The molecule has 0 radical (unpaired) electrons. The Balaban J connectivity index is 2.70. The molecule has 78 valence electrons. The van der Waals surface area contributed by atoms with Gasteiger partial charge in [-0.25, -0.2) is 13.2 Å². The maximum atomic E-state index is 13.0. The highest BCUT2D eigenvalue weighted by atomic mass is 19.3. The zero-order chi connectivity index (χ0) is 10.2. The Morgan fingerprint density at radius 1 is 1.31 bits per heavy atom. The largest absolute Gasteiger partial charge is 0.391 e. The van der Waals surface area contributed by atoms with E-state index < -0.39 is 36.8 Å². The highest BCUT2D eigenvalue weighted by Gasteiger charge is 2.45. The zero-order valence-electron chi connectivity index (χ0n) is 6.78. The Hall–Kier alpha value is -0.330. The predicted molar refractivity (Wildman–Crippen MR) is 39.0 cm³/mol. The highest BCUT2D eigenvalue weighted by molar-refractivity contribution is 4.95. The number of aliphatic hydroxyl groups is 2. The molecule has 0 aromatic carbocycles. The van der Waals surface area contributed by atoms with Gasteiger partial charge in [0.1, 0.15) is 6.17 Å². The van der Waals surface area contributed by atoms with Gasteiger partial charge in [0.15, 0.2) is 0 Å². The first-order chi connectivity index (χ1) is 5.95. The lowest BCUT2D eigenvalue weighted by Crippen LogP contribution is -2.57. The average molecular weight is 199 g/mol. The van der Waals surface area contributed by atoms with Crippen LogP contribution in [0.4, 0.5) is 13.2 Å². The Morgan fingerprint density at radius 3 is 2.31 bits per heavy atom. The van der Waals surface area contributed by atoms with Crippen molar-refractivity contribution in [2.45, 2.75) is 37.3 Å². The van der Waals surface area contributed by atoms with Crippen molar-refractivity contribution < 1.29 is 23.4 Å². The second-order valence-corrected chi connectivity index (χ2v) is 3.31. The van der Waals surface area contributed by atoms with Crippen LogP contribution in [0.5, 0.6) is 0 Å². The molecule has 0 aromatic heterocycles. The van der Waals surface area contributed by atoms with Crippen molar-refractivity contribution in [3.8, 4) is 0 Å². The molecule has 1 saturated carbocycles.